The van der Waals surface area contributed by atoms with Gasteiger partial charge in [0.15, 0.2) is 11.5 Å². The minimum absolute atomic E-state index is 0.0141. The number of para-hydroxylation sites is 1. The van der Waals surface area contributed by atoms with Gasteiger partial charge in [-0.2, -0.15) is 10.1 Å². The van der Waals surface area contributed by atoms with E-state index in [0.29, 0.717) is 34.4 Å². The van der Waals surface area contributed by atoms with E-state index in [4.69, 9.17) is 15.5 Å². The molecule has 198 valence electrons. The molecule has 0 spiro atoms. The fourth-order valence-corrected chi connectivity index (χ4v) is 5.55. The Morgan fingerprint density at radius 3 is 2.77 bits per heavy atom. The lowest BCUT2D eigenvalue weighted by Gasteiger charge is -2.30. The number of anilines is 2. The van der Waals surface area contributed by atoms with Crippen LogP contribution in [0, 0.1) is 0 Å². The molecule has 0 bridgehead atoms. The topological polar surface area (TPSA) is 118 Å². The number of aryl methyl sites for hydroxylation is 1. The summed E-state index contributed by atoms with van der Waals surface area (Å²) in [6, 6.07) is 16.2. The first kappa shape index (κ1) is 23.7. The monoisotopic (exact) mass is 522 g/mol. The van der Waals surface area contributed by atoms with Crippen LogP contribution in [0.5, 0.6) is 5.75 Å². The Kier molecular flexibility index (Phi) is 5.70. The third kappa shape index (κ3) is 4.17. The largest absolute Gasteiger partial charge is 0.488 e. The molecule has 0 saturated carbocycles. The van der Waals surface area contributed by atoms with E-state index >= 15 is 0 Å². The summed E-state index contributed by atoms with van der Waals surface area (Å²) in [6.07, 6.45) is 4.89. The molecule has 0 amide bonds. The number of aromatic amines is 1. The first-order chi connectivity index (χ1) is 19.0. The van der Waals surface area contributed by atoms with Crippen LogP contribution >= 0.6 is 0 Å². The predicted octanol–water partition coefficient (Wildman–Crippen LogP) is 3.27. The van der Waals surface area contributed by atoms with Crippen molar-refractivity contribution in [1.82, 2.24) is 29.6 Å². The number of benzene rings is 2. The fourth-order valence-electron chi connectivity index (χ4n) is 5.55. The number of nitrogens with one attached hydrogen (secondary N) is 1. The van der Waals surface area contributed by atoms with Gasteiger partial charge in [0.2, 0.25) is 5.95 Å². The SMILES string of the molecule is CN(C[C@H]1CCc2ccccc2O1)c1ncc2c3[nH]nc(N)c3c(=O)n(-c3ccc(CN4CCC4)cc3)c2n1. The van der Waals surface area contributed by atoms with Crippen LogP contribution in [0.1, 0.15) is 24.0 Å². The number of fused-ring (bicyclic) bond motifs is 4. The molecule has 7 rings (SSSR count). The lowest BCUT2D eigenvalue weighted by Crippen LogP contribution is -2.36. The van der Waals surface area contributed by atoms with Crippen molar-refractivity contribution in [2.75, 3.05) is 37.3 Å². The van der Waals surface area contributed by atoms with Crippen LogP contribution in [0.2, 0.25) is 0 Å². The van der Waals surface area contributed by atoms with Gasteiger partial charge in [-0.3, -0.25) is 19.4 Å². The molecule has 1 fully saturated rings. The van der Waals surface area contributed by atoms with Gasteiger partial charge in [-0.25, -0.2) is 4.98 Å². The van der Waals surface area contributed by atoms with Crippen LogP contribution < -0.4 is 20.9 Å². The number of nitrogen functional groups attached to an aromatic ring is 1. The van der Waals surface area contributed by atoms with Crippen molar-refractivity contribution in [1.29, 1.82) is 0 Å². The number of pyridine rings is 1. The highest BCUT2D eigenvalue weighted by molar-refractivity contribution is 6.05. The van der Waals surface area contributed by atoms with Gasteiger partial charge in [-0.05, 0) is 61.7 Å². The minimum atomic E-state index is -0.265. The van der Waals surface area contributed by atoms with Crippen molar-refractivity contribution < 1.29 is 4.74 Å². The Balaban J connectivity index is 1.26. The van der Waals surface area contributed by atoms with Gasteiger partial charge in [-0.15, -0.1) is 0 Å². The molecule has 0 radical (unpaired) electrons. The molecule has 5 heterocycles. The Bertz CT molecular complexity index is 1740. The maximum absolute atomic E-state index is 13.8. The molecular formula is C29H30N8O2. The zero-order valence-electron chi connectivity index (χ0n) is 21.8. The van der Waals surface area contributed by atoms with Crippen LogP contribution in [0.25, 0.3) is 27.6 Å². The Hall–Kier alpha value is -4.44. The molecule has 2 aliphatic heterocycles. The Morgan fingerprint density at radius 1 is 1.15 bits per heavy atom. The van der Waals surface area contributed by atoms with Gasteiger partial charge >= 0.3 is 0 Å². The second-order valence-corrected chi connectivity index (χ2v) is 10.5. The summed E-state index contributed by atoms with van der Waals surface area (Å²) in [6.45, 7) is 3.80. The van der Waals surface area contributed by atoms with Crippen LogP contribution in [-0.4, -0.2) is 62.4 Å². The van der Waals surface area contributed by atoms with Crippen LogP contribution in [0.3, 0.4) is 0 Å². The molecule has 1 atom stereocenters. The molecule has 5 aromatic rings. The number of ether oxygens (including phenoxy) is 1. The summed E-state index contributed by atoms with van der Waals surface area (Å²) in [4.78, 5) is 27.7. The van der Waals surface area contributed by atoms with Gasteiger partial charge < -0.3 is 15.4 Å². The molecular weight excluding hydrogens is 492 g/mol. The van der Waals surface area contributed by atoms with E-state index in [-0.39, 0.29) is 17.5 Å². The van der Waals surface area contributed by atoms with Crippen molar-refractivity contribution >= 4 is 33.7 Å². The van der Waals surface area contributed by atoms with Crippen molar-refractivity contribution in [3.8, 4) is 11.4 Å². The van der Waals surface area contributed by atoms with E-state index < -0.39 is 0 Å². The van der Waals surface area contributed by atoms with Gasteiger partial charge in [0.05, 0.1) is 23.1 Å². The molecule has 10 heteroatoms. The summed E-state index contributed by atoms with van der Waals surface area (Å²) in [5.41, 5.74) is 10.1. The first-order valence-corrected chi connectivity index (χ1v) is 13.4. The smallest absolute Gasteiger partial charge is 0.270 e. The highest BCUT2D eigenvalue weighted by atomic mass is 16.5. The average molecular weight is 523 g/mol. The van der Waals surface area contributed by atoms with Crippen molar-refractivity contribution in [2.24, 2.45) is 0 Å². The predicted molar refractivity (Wildman–Crippen MR) is 152 cm³/mol. The van der Waals surface area contributed by atoms with Crippen molar-refractivity contribution in [3.63, 3.8) is 0 Å². The normalized spacial score (nSPS) is 17.1. The van der Waals surface area contributed by atoms with E-state index in [1.54, 1.807) is 10.8 Å². The van der Waals surface area contributed by atoms with Crippen LogP contribution in [0.4, 0.5) is 11.8 Å². The number of likely N-dealkylation sites (tertiary alicyclic amines) is 1. The van der Waals surface area contributed by atoms with Crippen molar-refractivity contribution in [3.05, 3.63) is 76.2 Å². The summed E-state index contributed by atoms with van der Waals surface area (Å²) in [5, 5.41) is 8.04. The zero-order chi connectivity index (χ0) is 26.5. The number of nitrogens with zero attached hydrogens (tertiary/aromatic N) is 6. The lowest BCUT2D eigenvalue weighted by molar-refractivity contribution is 0.172. The molecule has 3 N–H and O–H groups in total. The molecule has 10 nitrogen and oxygen atoms in total. The molecule has 0 unspecified atom stereocenters. The van der Waals surface area contributed by atoms with E-state index in [2.05, 4.69) is 38.3 Å². The van der Waals surface area contributed by atoms with Crippen molar-refractivity contribution in [2.45, 2.75) is 31.9 Å². The van der Waals surface area contributed by atoms with E-state index in [1.165, 1.54) is 17.5 Å². The number of H-pyrrole nitrogens is 1. The first-order valence-electron chi connectivity index (χ1n) is 13.4. The summed E-state index contributed by atoms with van der Waals surface area (Å²) >= 11 is 0. The van der Waals surface area contributed by atoms with E-state index in [1.807, 2.05) is 42.3 Å². The van der Waals surface area contributed by atoms with E-state index in [9.17, 15) is 4.79 Å². The zero-order valence-corrected chi connectivity index (χ0v) is 21.8. The van der Waals surface area contributed by atoms with Crippen LogP contribution in [-0.2, 0) is 13.0 Å². The second kappa shape index (κ2) is 9.39. The number of aromatic nitrogens is 5. The van der Waals surface area contributed by atoms with Gasteiger partial charge in [0.25, 0.3) is 5.56 Å². The number of nitrogens with two attached hydrogens (primary N) is 1. The standard InChI is InChI=1S/C29H30N8O2/c1-35(17-21-12-9-19-5-2-3-6-23(19)39-21)29-31-15-22-25-24(26(30)34-33-25)28(38)37(27(22)32-29)20-10-7-18(8-11-20)16-36-13-4-14-36/h2-3,5-8,10-11,15,21H,4,9,12-14,16-17H2,1H3,(H3,30,33,34)/t21-/m1/s1. The van der Waals surface area contributed by atoms with E-state index in [0.717, 1.165) is 43.9 Å². The number of hydrogen-bond acceptors (Lipinski definition) is 8. The maximum Gasteiger partial charge on any atom is 0.270 e. The minimum Gasteiger partial charge on any atom is -0.488 e. The Morgan fingerprint density at radius 2 is 1.97 bits per heavy atom. The van der Waals surface area contributed by atoms with Gasteiger partial charge in [0, 0.05) is 19.8 Å². The number of likely N-dealkylation sites (N-methyl/N-ethyl adjacent to an activating group) is 1. The third-order valence-electron chi connectivity index (χ3n) is 7.82. The molecule has 0 aliphatic carbocycles. The number of rotatable bonds is 6. The van der Waals surface area contributed by atoms with Gasteiger partial charge in [-0.1, -0.05) is 30.3 Å². The average Bonchev–Trinajstić information content (AvgIpc) is 3.33. The summed E-state index contributed by atoms with van der Waals surface area (Å²) < 4.78 is 7.87. The molecule has 3 aromatic heterocycles. The fraction of sp³-hybridized carbons (Fsp3) is 0.310. The second-order valence-electron chi connectivity index (χ2n) is 10.5. The Labute approximate surface area is 225 Å². The molecule has 2 aromatic carbocycles. The van der Waals surface area contributed by atoms with Gasteiger partial charge in [0.1, 0.15) is 17.2 Å². The third-order valence-corrected chi connectivity index (χ3v) is 7.82. The summed E-state index contributed by atoms with van der Waals surface area (Å²) in [7, 11) is 1.95. The number of hydrogen-bond donors (Lipinski definition) is 2. The highest BCUT2D eigenvalue weighted by Crippen LogP contribution is 2.29. The molecule has 39 heavy (non-hydrogen) atoms. The molecule has 2 aliphatic rings. The quantitative estimate of drug-likeness (QED) is 0.349. The summed E-state index contributed by atoms with van der Waals surface area (Å²) in [5.74, 6) is 1.61. The molecule has 1 saturated heterocycles. The lowest BCUT2D eigenvalue weighted by atomic mass is 10.0. The maximum atomic E-state index is 13.8. The highest BCUT2D eigenvalue weighted by Gasteiger charge is 2.24. The van der Waals surface area contributed by atoms with Crippen LogP contribution in [0.15, 0.2) is 59.5 Å².